The summed E-state index contributed by atoms with van der Waals surface area (Å²) in [6.45, 7) is 7.69. The van der Waals surface area contributed by atoms with Crippen molar-refractivity contribution in [3.63, 3.8) is 0 Å². The molecule has 0 atom stereocenters. The van der Waals surface area contributed by atoms with E-state index in [2.05, 4.69) is 18.1 Å². The van der Waals surface area contributed by atoms with Gasteiger partial charge < -0.3 is 14.0 Å². The normalized spacial score (nSPS) is 11.2. The molecule has 0 fully saturated rings. The molecule has 30 heavy (non-hydrogen) atoms. The molecule has 3 aromatic rings. The molecule has 8 nitrogen and oxygen atoms in total. The van der Waals surface area contributed by atoms with Crippen LogP contribution in [0.2, 0.25) is 0 Å². The predicted octanol–water partition coefficient (Wildman–Crippen LogP) is 2.46. The Morgan fingerprint density at radius 2 is 1.67 bits per heavy atom. The summed E-state index contributed by atoms with van der Waals surface area (Å²) in [5, 5.41) is 0. The van der Waals surface area contributed by atoms with Crippen molar-refractivity contribution in [2.24, 2.45) is 7.05 Å². The largest absolute Gasteiger partial charge is 0.493 e. The highest BCUT2D eigenvalue weighted by atomic mass is 16.5. The van der Waals surface area contributed by atoms with E-state index >= 15 is 0 Å². The smallest absolute Gasteiger partial charge is 0.333 e. The molecule has 156 valence electrons. The first-order valence-corrected chi connectivity index (χ1v) is 9.28. The number of fused-ring (bicyclic) bond motifs is 1. The van der Waals surface area contributed by atoms with Crippen LogP contribution in [0.5, 0.6) is 11.5 Å². The molecule has 0 N–H and O–H groups in total. The van der Waals surface area contributed by atoms with Gasteiger partial charge in [0.2, 0.25) is 0 Å². The fourth-order valence-corrected chi connectivity index (χ4v) is 3.24. The standard InChI is InChI=1S/C22H24N4O4/c1-6-12-25-20-19(21(27)26(13-7-2)22(25)28)24(3)18(23-20)11-9-15-8-10-16(29-4)17(14-15)30-5/h6-11,14H,1-2,12-13H2,3-5H3/b11-9+. The number of benzene rings is 1. The molecule has 3 rings (SSSR count). The molecule has 0 bridgehead atoms. The summed E-state index contributed by atoms with van der Waals surface area (Å²) >= 11 is 0. The summed E-state index contributed by atoms with van der Waals surface area (Å²) in [6, 6.07) is 5.52. The zero-order valence-electron chi connectivity index (χ0n) is 17.3. The van der Waals surface area contributed by atoms with Gasteiger partial charge in [-0.3, -0.25) is 13.9 Å². The summed E-state index contributed by atoms with van der Waals surface area (Å²) in [5.41, 5.74) is 0.675. The number of rotatable bonds is 8. The molecule has 0 aliphatic heterocycles. The first-order chi connectivity index (χ1) is 14.5. The van der Waals surface area contributed by atoms with Crippen molar-refractivity contribution in [1.29, 1.82) is 0 Å². The van der Waals surface area contributed by atoms with E-state index in [-0.39, 0.29) is 13.1 Å². The Labute approximate surface area is 173 Å². The molecule has 0 unspecified atom stereocenters. The van der Waals surface area contributed by atoms with Crippen molar-refractivity contribution in [2.45, 2.75) is 13.1 Å². The van der Waals surface area contributed by atoms with E-state index < -0.39 is 11.2 Å². The van der Waals surface area contributed by atoms with E-state index in [0.717, 1.165) is 10.1 Å². The highest BCUT2D eigenvalue weighted by Gasteiger charge is 2.18. The molecule has 2 aromatic heterocycles. The zero-order chi connectivity index (χ0) is 21.8. The average molecular weight is 408 g/mol. The summed E-state index contributed by atoms with van der Waals surface area (Å²) in [5.74, 6) is 1.77. The van der Waals surface area contributed by atoms with Gasteiger partial charge in [0.05, 0.1) is 14.2 Å². The van der Waals surface area contributed by atoms with Gasteiger partial charge in [0.1, 0.15) is 5.82 Å². The Morgan fingerprint density at radius 1 is 1.00 bits per heavy atom. The third-order valence-corrected chi connectivity index (χ3v) is 4.73. The molecular weight excluding hydrogens is 384 g/mol. The van der Waals surface area contributed by atoms with Crippen molar-refractivity contribution in [3.8, 4) is 11.5 Å². The van der Waals surface area contributed by atoms with E-state index in [1.165, 1.54) is 10.6 Å². The first-order valence-electron chi connectivity index (χ1n) is 9.28. The van der Waals surface area contributed by atoms with Crippen LogP contribution in [0.1, 0.15) is 11.4 Å². The number of hydrogen-bond donors (Lipinski definition) is 0. The quantitative estimate of drug-likeness (QED) is 0.535. The molecule has 0 amide bonds. The van der Waals surface area contributed by atoms with E-state index in [1.807, 2.05) is 24.3 Å². The van der Waals surface area contributed by atoms with Gasteiger partial charge >= 0.3 is 5.69 Å². The molecular formula is C22H24N4O4. The number of allylic oxidation sites excluding steroid dienone is 2. The lowest BCUT2D eigenvalue weighted by molar-refractivity contribution is 0.355. The molecule has 0 aliphatic rings. The van der Waals surface area contributed by atoms with Crippen LogP contribution in [0.15, 0.2) is 53.1 Å². The number of imidazole rings is 1. The van der Waals surface area contributed by atoms with Crippen LogP contribution in [-0.2, 0) is 20.1 Å². The van der Waals surface area contributed by atoms with Crippen molar-refractivity contribution < 1.29 is 9.47 Å². The van der Waals surface area contributed by atoms with E-state index in [9.17, 15) is 9.59 Å². The molecule has 8 heteroatoms. The predicted molar refractivity (Wildman–Crippen MR) is 118 cm³/mol. The minimum absolute atomic E-state index is 0.118. The van der Waals surface area contributed by atoms with E-state index in [4.69, 9.17) is 9.47 Å². The van der Waals surface area contributed by atoms with Crippen LogP contribution in [0.4, 0.5) is 0 Å². The van der Waals surface area contributed by atoms with Gasteiger partial charge in [0.25, 0.3) is 5.56 Å². The average Bonchev–Trinajstić information content (AvgIpc) is 3.08. The Kier molecular flexibility index (Phi) is 6.06. The zero-order valence-corrected chi connectivity index (χ0v) is 17.3. The van der Waals surface area contributed by atoms with Crippen molar-refractivity contribution in [3.05, 3.63) is 75.7 Å². The molecule has 1 aromatic carbocycles. The van der Waals surface area contributed by atoms with Crippen molar-refractivity contribution >= 4 is 23.3 Å². The fourth-order valence-electron chi connectivity index (χ4n) is 3.24. The maximum atomic E-state index is 12.9. The second kappa shape index (κ2) is 8.69. The van der Waals surface area contributed by atoms with Gasteiger partial charge in [-0.2, -0.15) is 0 Å². The maximum absolute atomic E-state index is 12.9. The second-order valence-electron chi connectivity index (χ2n) is 6.54. The second-order valence-corrected chi connectivity index (χ2v) is 6.54. The Hall–Kier alpha value is -3.81. The number of nitrogens with zero attached hydrogens (tertiary/aromatic N) is 4. The fraction of sp³-hybridized carbons (Fsp3) is 0.227. The summed E-state index contributed by atoms with van der Waals surface area (Å²) in [4.78, 5) is 30.2. The maximum Gasteiger partial charge on any atom is 0.333 e. The van der Waals surface area contributed by atoms with Gasteiger partial charge in [-0.15, -0.1) is 13.2 Å². The van der Waals surface area contributed by atoms with Gasteiger partial charge in [0, 0.05) is 20.1 Å². The van der Waals surface area contributed by atoms with E-state index in [0.29, 0.717) is 28.5 Å². The van der Waals surface area contributed by atoms with Crippen molar-refractivity contribution in [2.75, 3.05) is 14.2 Å². The van der Waals surface area contributed by atoms with E-state index in [1.54, 1.807) is 38.0 Å². The van der Waals surface area contributed by atoms with Crippen LogP contribution in [0.3, 0.4) is 0 Å². The van der Waals surface area contributed by atoms with Gasteiger partial charge in [-0.1, -0.05) is 24.3 Å². The molecule has 2 heterocycles. The molecule has 0 aliphatic carbocycles. The summed E-state index contributed by atoms with van der Waals surface area (Å²) in [6.07, 6.45) is 6.74. The third-order valence-electron chi connectivity index (χ3n) is 4.73. The van der Waals surface area contributed by atoms with Gasteiger partial charge in [0.15, 0.2) is 22.7 Å². The highest BCUT2D eigenvalue weighted by Crippen LogP contribution is 2.28. The SMILES string of the molecule is C=CCn1c(=O)c2c(nc(/C=C/c3ccc(OC)c(OC)c3)n2C)n(CC=C)c1=O. The number of ether oxygens (including phenoxy) is 2. The number of aromatic nitrogens is 4. The molecule has 0 spiro atoms. The van der Waals surface area contributed by atoms with Gasteiger partial charge in [-0.25, -0.2) is 9.78 Å². The molecule has 0 radical (unpaired) electrons. The van der Waals surface area contributed by atoms with Crippen molar-refractivity contribution in [1.82, 2.24) is 18.7 Å². The van der Waals surface area contributed by atoms with Crippen LogP contribution < -0.4 is 20.7 Å². The minimum atomic E-state index is -0.444. The topological polar surface area (TPSA) is 80.3 Å². The first kappa shape index (κ1) is 20.9. The third kappa shape index (κ3) is 3.59. The van der Waals surface area contributed by atoms with Gasteiger partial charge in [-0.05, 0) is 23.8 Å². The number of aryl methyl sites for hydroxylation is 1. The lowest BCUT2D eigenvalue weighted by atomic mass is 10.2. The summed E-state index contributed by atoms with van der Waals surface area (Å²) in [7, 11) is 4.89. The van der Waals surface area contributed by atoms with Crippen LogP contribution in [-0.4, -0.2) is 32.9 Å². The lowest BCUT2D eigenvalue weighted by Crippen LogP contribution is -2.40. The number of hydrogen-bond acceptors (Lipinski definition) is 5. The monoisotopic (exact) mass is 408 g/mol. The Morgan fingerprint density at radius 3 is 2.30 bits per heavy atom. The molecule has 0 saturated heterocycles. The van der Waals surface area contributed by atoms with Crippen LogP contribution in [0.25, 0.3) is 23.3 Å². The lowest BCUT2D eigenvalue weighted by Gasteiger charge is -2.08. The Bertz CT molecular complexity index is 1260. The molecule has 0 saturated carbocycles. The minimum Gasteiger partial charge on any atom is -0.493 e. The highest BCUT2D eigenvalue weighted by molar-refractivity contribution is 5.77. The van der Waals surface area contributed by atoms with Crippen LogP contribution >= 0.6 is 0 Å². The Balaban J connectivity index is 2.16. The summed E-state index contributed by atoms with van der Waals surface area (Å²) < 4.78 is 14.8. The van der Waals surface area contributed by atoms with Crippen LogP contribution in [0, 0.1) is 0 Å². The number of methoxy groups -OCH3 is 2.